The van der Waals surface area contributed by atoms with E-state index in [2.05, 4.69) is 25.9 Å². The Hall–Kier alpha value is -1.83. The van der Waals surface area contributed by atoms with E-state index >= 15 is 0 Å². The lowest BCUT2D eigenvalue weighted by Crippen LogP contribution is -2.42. The molecule has 130 valence electrons. The zero-order valence-electron chi connectivity index (χ0n) is 14.5. The standard InChI is InChI=1S/C15H27N5O2S/c1-6-16-13(19-9-12-11(2)20-10-23-12)17-7-8-18-14(21)22-15(3,4)5/h10H,6-9H2,1-5H3,(H,18,21)(H2,16,17,19). The predicted octanol–water partition coefficient (Wildman–Crippen LogP) is 2.03. The van der Waals surface area contributed by atoms with Crippen molar-refractivity contribution in [1.29, 1.82) is 0 Å². The Kier molecular flexibility index (Phi) is 7.80. The first-order valence-corrected chi connectivity index (χ1v) is 8.57. The number of aromatic nitrogens is 1. The molecule has 3 N–H and O–H groups in total. The number of alkyl carbamates (subject to hydrolysis) is 1. The van der Waals surface area contributed by atoms with Crippen molar-refractivity contribution in [2.75, 3.05) is 19.6 Å². The maximum Gasteiger partial charge on any atom is 0.407 e. The molecular formula is C15H27N5O2S. The topological polar surface area (TPSA) is 87.6 Å². The van der Waals surface area contributed by atoms with Crippen molar-refractivity contribution in [3.05, 3.63) is 16.1 Å². The van der Waals surface area contributed by atoms with Gasteiger partial charge in [-0.25, -0.2) is 14.8 Å². The Morgan fingerprint density at radius 1 is 1.30 bits per heavy atom. The number of carbonyl (C=O) groups excluding carboxylic acids is 1. The van der Waals surface area contributed by atoms with Crippen LogP contribution in [-0.4, -0.2) is 42.3 Å². The first kappa shape index (κ1) is 19.2. The molecule has 8 heteroatoms. The first-order valence-electron chi connectivity index (χ1n) is 7.70. The minimum Gasteiger partial charge on any atom is -0.444 e. The van der Waals surface area contributed by atoms with E-state index < -0.39 is 11.7 Å². The molecule has 0 aromatic carbocycles. The lowest BCUT2D eigenvalue weighted by molar-refractivity contribution is 0.0529. The number of guanidine groups is 1. The number of nitrogens with zero attached hydrogens (tertiary/aromatic N) is 2. The van der Waals surface area contributed by atoms with Crippen LogP contribution in [0.1, 0.15) is 38.3 Å². The smallest absolute Gasteiger partial charge is 0.407 e. The summed E-state index contributed by atoms with van der Waals surface area (Å²) in [7, 11) is 0. The van der Waals surface area contributed by atoms with E-state index in [1.807, 2.05) is 40.1 Å². The molecule has 1 aromatic heterocycles. The lowest BCUT2D eigenvalue weighted by atomic mass is 10.2. The van der Waals surface area contributed by atoms with E-state index in [9.17, 15) is 4.79 Å². The second kappa shape index (κ2) is 9.34. The van der Waals surface area contributed by atoms with Gasteiger partial charge in [0, 0.05) is 24.5 Å². The Morgan fingerprint density at radius 3 is 2.57 bits per heavy atom. The zero-order valence-corrected chi connectivity index (χ0v) is 15.3. The molecule has 23 heavy (non-hydrogen) atoms. The van der Waals surface area contributed by atoms with Crippen LogP contribution in [0.2, 0.25) is 0 Å². The van der Waals surface area contributed by atoms with Gasteiger partial charge in [0.15, 0.2) is 5.96 Å². The number of ether oxygens (including phenoxy) is 1. The van der Waals surface area contributed by atoms with Crippen LogP contribution in [0.4, 0.5) is 4.79 Å². The molecule has 0 aliphatic carbocycles. The summed E-state index contributed by atoms with van der Waals surface area (Å²) in [6.45, 7) is 11.9. The molecule has 0 atom stereocenters. The van der Waals surface area contributed by atoms with Crippen molar-refractivity contribution in [2.45, 2.75) is 46.8 Å². The molecule has 0 bridgehead atoms. The van der Waals surface area contributed by atoms with Gasteiger partial charge in [0.2, 0.25) is 0 Å². The average Bonchev–Trinajstić information content (AvgIpc) is 2.84. The highest BCUT2D eigenvalue weighted by molar-refractivity contribution is 7.09. The van der Waals surface area contributed by atoms with E-state index in [1.54, 1.807) is 11.3 Å². The molecule has 0 saturated carbocycles. The number of thiazole rings is 1. The number of carbonyl (C=O) groups is 1. The minimum atomic E-state index is -0.486. The Bertz CT molecular complexity index is 522. The normalized spacial score (nSPS) is 12.0. The quantitative estimate of drug-likeness (QED) is 0.419. The average molecular weight is 341 g/mol. The highest BCUT2D eigenvalue weighted by atomic mass is 32.1. The summed E-state index contributed by atoms with van der Waals surface area (Å²) < 4.78 is 5.17. The summed E-state index contributed by atoms with van der Waals surface area (Å²) in [5.74, 6) is 0.714. The molecule has 1 aromatic rings. The highest BCUT2D eigenvalue weighted by Gasteiger charge is 2.15. The van der Waals surface area contributed by atoms with Gasteiger partial charge in [-0.15, -0.1) is 11.3 Å². The van der Waals surface area contributed by atoms with Gasteiger partial charge in [0.1, 0.15) is 5.60 Å². The van der Waals surface area contributed by atoms with Gasteiger partial charge >= 0.3 is 6.09 Å². The van der Waals surface area contributed by atoms with Crippen LogP contribution >= 0.6 is 11.3 Å². The first-order chi connectivity index (χ1) is 10.8. The fraction of sp³-hybridized carbons (Fsp3) is 0.667. The molecule has 0 aliphatic rings. The number of hydrogen-bond acceptors (Lipinski definition) is 5. The molecule has 0 fully saturated rings. The van der Waals surface area contributed by atoms with Crippen LogP contribution in [0.3, 0.4) is 0 Å². The van der Waals surface area contributed by atoms with E-state index in [1.165, 1.54) is 0 Å². The Balaban J connectivity index is 2.36. The number of rotatable bonds is 6. The number of hydrogen-bond donors (Lipinski definition) is 3. The van der Waals surface area contributed by atoms with Crippen LogP contribution < -0.4 is 16.0 Å². The van der Waals surface area contributed by atoms with E-state index in [4.69, 9.17) is 4.74 Å². The number of aliphatic imine (C=N–C) groups is 1. The third kappa shape index (κ3) is 8.39. The molecule has 0 unspecified atom stereocenters. The maximum atomic E-state index is 11.5. The second-order valence-electron chi connectivity index (χ2n) is 5.91. The summed E-state index contributed by atoms with van der Waals surface area (Å²) in [4.78, 5) is 21.4. The Labute approximate surface area is 141 Å². The third-order valence-electron chi connectivity index (χ3n) is 2.66. The van der Waals surface area contributed by atoms with Crippen LogP contribution in [0.15, 0.2) is 10.5 Å². The molecule has 0 spiro atoms. The molecule has 0 aliphatic heterocycles. The van der Waals surface area contributed by atoms with Crippen molar-refractivity contribution in [2.24, 2.45) is 4.99 Å². The fourth-order valence-corrected chi connectivity index (χ4v) is 2.33. The van der Waals surface area contributed by atoms with Crippen molar-refractivity contribution in [1.82, 2.24) is 20.9 Å². The monoisotopic (exact) mass is 341 g/mol. The summed E-state index contributed by atoms with van der Waals surface area (Å²) in [6, 6.07) is 0. The molecule has 1 rings (SSSR count). The van der Waals surface area contributed by atoms with E-state index in [0.717, 1.165) is 17.1 Å². The van der Waals surface area contributed by atoms with Crippen molar-refractivity contribution in [3.63, 3.8) is 0 Å². The predicted molar refractivity (Wildman–Crippen MR) is 93.9 cm³/mol. The van der Waals surface area contributed by atoms with Gasteiger partial charge in [-0.1, -0.05) is 0 Å². The molecule has 1 heterocycles. The second-order valence-corrected chi connectivity index (χ2v) is 6.85. The van der Waals surface area contributed by atoms with Crippen LogP contribution in [0.25, 0.3) is 0 Å². The Morgan fingerprint density at radius 2 is 2.00 bits per heavy atom. The summed E-state index contributed by atoms with van der Waals surface area (Å²) in [5.41, 5.74) is 2.35. The fourth-order valence-electron chi connectivity index (χ4n) is 1.63. The molecule has 0 saturated heterocycles. The van der Waals surface area contributed by atoms with Crippen molar-refractivity contribution >= 4 is 23.4 Å². The van der Waals surface area contributed by atoms with Crippen LogP contribution in [0, 0.1) is 6.92 Å². The van der Waals surface area contributed by atoms with Gasteiger partial charge in [-0.05, 0) is 34.6 Å². The van der Waals surface area contributed by atoms with E-state index in [0.29, 0.717) is 25.6 Å². The zero-order chi connectivity index (χ0) is 17.3. The van der Waals surface area contributed by atoms with Crippen molar-refractivity contribution in [3.8, 4) is 0 Å². The van der Waals surface area contributed by atoms with Gasteiger partial charge in [-0.2, -0.15) is 0 Å². The molecular weight excluding hydrogens is 314 g/mol. The van der Waals surface area contributed by atoms with Gasteiger partial charge in [0.25, 0.3) is 0 Å². The van der Waals surface area contributed by atoms with Gasteiger partial charge < -0.3 is 20.7 Å². The molecule has 1 amide bonds. The lowest BCUT2D eigenvalue weighted by Gasteiger charge is -2.19. The maximum absolute atomic E-state index is 11.5. The highest BCUT2D eigenvalue weighted by Crippen LogP contribution is 2.12. The molecule has 7 nitrogen and oxygen atoms in total. The summed E-state index contributed by atoms with van der Waals surface area (Å²) >= 11 is 1.60. The summed E-state index contributed by atoms with van der Waals surface area (Å²) in [5, 5.41) is 9.04. The number of amides is 1. The van der Waals surface area contributed by atoms with E-state index in [-0.39, 0.29) is 0 Å². The molecule has 0 radical (unpaired) electrons. The van der Waals surface area contributed by atoms with Gasteiger partial charge in [-0.3, -0.25) is 0 Å². The number of aryl methyl sites for hydroxylation is 1. The van der Waals surface area contributed by atoms with Crippen LogP contribution in [-0.2, 0) is 11.3 Å². The summed E-state index contributed by atoms with van der Waals surface area (Å²) in [6.07, 6.45) is -0.415. The SMILES string of the molecule is CCNC(=NCc1scnc1C)NCCNC(=O)OC(C)(C)C. The van der Waals surface area contributed by atoms with Gasteiger partial charge in [0.05, 0.1) is 17.7 Å². The number of nitrogens with one attached hydrogen (secondary N) is 3. The third-order valence-corrected chi connectivity index (χ3v) is 3.58. The van der Waals surface area contributed by atoms with Crippen LogP contribution in [0.5, 0.6) is 0 Å². The largest absolute Gasteiger partial charge is 0.444 e. The van der Waals surface area contributed by atoms with Crippen molar-refractivity contribution < 1.29 is 9.53 Å². The minimum absolute atomic E-state index is 0.415.